The Morgan fingerprint density at radius 2 is 2.04 bits per heavy atom. The van der Waals surface area contributed by atoms with E-state index >= 15 is 0 Å². The minimum Gasteiger partial charge on any atom is -0.507 e. The molecule has 0 spiro atoms. The van der Waals surface area contributed by atoms with Crippen molar-refractivity contribution in [3.8, 4) is 5.75 Å². The molecule has 1 saturated heterocycles. The number of hydrogen-bond acceptors (Lipinski definition) is 6. The van der Waals surface area contributed by atoms with E-state index in [-0.39, 0.29) is 16.4 Å². The van der Waals surface area contributed by atoms with Crippen molar-refractivity contribution in [3.05, 3.63) is 63.5 Å². The third-order valence-electron chi connectivity index (χ3n) is 4.80. The van der Waals surface area contributed by atoms with Crippen molar-refractivity contribution in [1.82, 2.24) is 4.98 Å². The summed E-state index contributed by atoms with van der Waals surface area (Å²) < 4.78 is 5.78. The highest BCUT2D eigenvalue weighted by atomic mass is 16.6. The molecule has 1 fully saturated rings. The number of nitro groups is 1. The van der Waals surface area contributed by atoms with Crippen LogP contribution in [0.25, 0.3) is 17.0 Å². The molecule has 0 saturated carbocycles. The van der Waals surface area contributed by atoms with Crippen molar-refractivity contribution >= 4 is 28.6 Å². The molecule has 1 N–H and O–H groups in total. The van der Waals surface area contributed by atoms with Gasteiger partial charge >= 0.3 is 5.69 Å². The van der Waals surface area contributed by atoms with Crippen LogP contribution in [-0.2, 0) is 0 Å². The molecule has 0 bridgehead atoms. The molecule has 1 aromatic carbocycles. The highest BCUT2D eigenvalue weighted by molar-refractivity contribution is 5.85. The van der Waals surface area contributed by atoms with Crippen molar-refractivity contribution < 1.29 is 14.4 Å². The van der Waals surface area contributed by atoms with Gasteiger partial charge in [0.15, 0.2) is 0 Å². The summed E-state index contributed by atoms with van der Waals surface area (Å²) in [6.07, 6.45) is 3.54. The zero-order valence-electron chi connectivity index (χ0n) is 14.9. The average molecular weight is 365 g/mol. The molecule has 0 aliphatic carbocycles. The van der Waals surface area contributed by atoms with E-state index in [0.29, 0.717) is 35.6 Å². The SMILES string of the molecule is Cc1ccc([N+](=O)[O-])c(N2CCC(=Cc3cc4c(O)cccc4o3)CC2)n1. The Morgan fingerprint density at radius 1 is 1.26 bits per heavy atom. The molecule has 3 aromatic rings. The number of aromatic nitrogens is 1. The van der Waals surface area contributed by atoms with Gasteiger partial charge in [0.05, 0.1) is 10.3 Å². The van der Waals surface area contributed by atoms with Crippen LogP contribution in [-0.4, -0.2) is 28.1 Å². The van der Waals surface area contributed by atoms with Crippen LogP contribution < -0.4 is 4.90 Å². The zero-order valence-corrected chi connectivity index (χ0v) is 14.9. The number of phenols is 1. The summed E-state index contributed by atoms with van der Waals surface area (Å²) in [5.74, 6) is 1.34. The van der Waals surface area contributed by atoms with Gasteiger partial charge in [-0.25, -0.2) is 4.98 Å². The van der Waals surface area contributed by atoms with Crippen LogP contribution in [0.3, 0.4) is 0 Å². The lowest BCUT2D eigenvalue weighted by atomic mass is 10.0. The minimum absolute atomic E-state index is 0.0424. The lowest BCUT2D eigenvalue weighted by molar-refractivity contribution is -0.384. The van der Waals surface area contributed by atoms with Gasteiger partial charge in [-0.15, -0.1) is 0 Å². The van der Waals surface area contributed by atoms with Crippen LogP contribution in [0.1, 0.15) is 24.3 Å². The number of piperidine rings is 1. The fourth-order valence-corrected chi connectivity index (χ4v) is 3.40. The normalized spacial score (nSPS) is 14.6. The maximum Gasteiger partial charge on any atom is 0.311 e. The first-order valence-electron chi connectivity index (χ1n) is 8.79. The Labute approximate surface area is 155 Å². The van der Waals surface area contributed by atoms with E-state index in [2.05, 4.69) is 4.98 Å². The molecule has 7 heteroatoms. The number of anilines is 1. The minimum atomic E-state index is -0.381. The van der Waals surface area contributed by atoms with Crippen molar-refractivity contribution in [3.63, 3.8) is 0 Å². The third kappa shape index (κ3) is 3.36. The summed E-state index contributed by atoms with van der Waals surface area (Å²) >= 11 is 0. The Hall–Kier alpha value is -3.35. The summed E-state index contributed by atoms with van der Waals surface area (Å²) in [6.45, 7) is 3.16. The van der Waals surface area contributed by atoms with Gasteiger partial charge < -0.3 is 14.4 Å². The molecular formula is C20H19N3O4. The number of rotatable bonds is 3. The van der Waals surface area contributed by atoms with E-state index in [9.17, 15) is 15.2 Å². The molecule has 4 rings (SSSR count). The number of fused-ring (bicyclic) bond motifs is 1. The van der Waals surface area contributed by atoms with E-state index in [1.165, 1.54) is 11.6 Å². The van der Waals surface area contributed by atoms with E-state index in [1.807, 2.05) is 30.0 Å². The highest BCUT2D eigenvalue weighted by Crippen LogP contribution is 2.32. The van der Waals surface area contributed by atoms with Gasteiger partial charge in [-0.05, 0) is 50.1 Å². The van der Waals surface area contributed by atoms with E-state index in [4.69, 9.17) is 4.42 Å². The zero-order chi connectivity index (χ0) is 19.0. The molecule has 138 valence electrons. The maximum absolute atomic E-state index is 11.3. The topological polar surface area (TPSA) is 92.6 Å². The van der Waals surface area contributed by atoms with Crippen molar-refractivity contribution in [2.24, 2.45) is 0 Å². The van der Waals surface area contributed by atoms with Crippen LogP contribution >= 0.6 is 0 Å². The van der Waals surface area contributed by atoms with E-state index < -0.39 is 0 Å². The summed E-state index contributed by atoms with van der Waals surface area (Å²) in [7, 11) is 0. The number of aryl methyl sites for hydroxylation is 1. The van der Waals surface area contributed by atoms with Crippen LogP contribution in [0, 0.1) is 17.0 Å². The number of aromatic hydroxyl groups is 1. The van der Waals surface area contributed by atoms with Gasteiger partial charge in [-0.3, -0.25) is 10.1 Å². The van der Waals surface area contributed by atoms with Gasteiger partial charge in [0.2, 0.25) is 5.82 Å². The summed E-state index contributed by atoms with van der Waals surface area (Å²) in [6, 6.07) is 10.2. The predicted molar refractivity (Wildman–Crippen MR) is 103 cm³/mol. The smallest absolute Gasteiger partial charge is 0.311 e. The second-order valence-corrected chi connectivity index (χ2v) is 6.68. The van der Waals surface area contributed by atoms with Crippen molar-refractivity contribution in [2.75, 3.05) is 18.0 Å². The fourth-order valence-electron chi connectivity index (χ4n) is 3.40. The summed E-state index contributed by atoms with van der Waals surface area (Å²) in [4.78, 5) is 17.3. The first-order chi connectivity index (χ1) is 13.0. The van der Waals surface area contributed by atoms with E-state index in [1.54, 1.807) is 18.2 Å². The summed E-state index contributed by atoms with van der Waals surface area (Å²) in [5.41, 5.74) is 2.67. The lowest BCUT2D eigenvalue weighted by Gasteiger charge is -2.29. The standard InChI is InChI=1S/C20H19N3O4/c1-13-5-6-17(23(25)26)20(21-13)22-9-7-14(8-10-22)11-15-12-16-18(24)3-2-4-19(16)27-15/h2-6,11-12,24H,7-10H2,1H3. The first-order valence-corrected chi connectivity index (χ1v) is 8.79. The molecule has 0 atom stereocenters. The number of phenolic OH excluding ortho intramolecular Hbond substituents is 1. The largest absolute Gasteiger partial charge is 0.507 e. The van der Waals surface area contributed by atoms with Gasteiger partial charge in [0.1, 0.15) is 17.1 Å². The monoisotopic (exact) mass is 365 g/mol. The average Bonchev–Trinajstić information content (AvgIpc) is 3.06. The molecule has 2 aromatic heterocycles. The van der Waals surface area contributed by atoms with Crippen LogP contribution in [0.2, 0.25) is 0 Å². The Kier molecular flexibility index (Phi) is 4.27. The second-order valence-electron chi connectivity index (χ2n) is 6.68. The Morgan fingerprint density at radius 3 is 2.74 bits per heavy atom. The quantitative estimate of drug-likeness (QED) is 0.545. The number of hydrogen-bond donors (Lipinski definition) is 1. The molecule has 3 heterocycles. The van der Waals surface area contributed by atoms with Crippen LogP contribution in [0.15, 0.2) is 46.4 Å². The molecule has 0 unspecified atom stereocenters. The molecule has 1 aliphatic rings. The van der Waals surface area contributed by atoms with Crippen LogP contribution in [0.5, 0.6) is 5.75 Å². The number of nitrogens with zero attached hydrogens (tertiary/aromatic N) is 3. The molecule has 7 nitrogen and oxygen atoms in total. The fraction of sp³-hybridized carbons (Fsp3) is 0.250. The Bertz CT molecular complexity index is 1040. The van der Waals surface area contributed by atoms with Gasteiger partial charge in [-0.2, -0.15) is 0 Å². The molecule has 0 radical (unpaired) electrons. The maximum atomic E-state index is 11.3. The van der Waals surface area contributed by atoms with Gasteiger partial charge in [-0.1, -0.05) is 11.6 Å². The number of benzene rings is 1. The lowest BCUT2D eigenvalue weighted by Crippen LogP contribution is -2.31. The van der Waals surface area contributed by atoms with Gasteiger partial charge in [0, 0.05) is 24.8 Å². The first kappa shape index (κ1) is 17.1. The van der Waals surface area contributed by atoms with E-state index in [0.717, 1.165) is 18.5 Å². The Balaban J connectivity index is 1.53. The molecule has 0 amide bonds. The number of furan rings is 1. The second kappa shape index (κ2) is 6.75. The van der Waals surface area contributed by atoms with Crippen LogP contribution in [0.4, 0.5) is 11.5 Å². The third-order valence-corrected chi connectivity index (χ3v) is 4.80. The number of pyridine rings is 1. The van der Waals surface area contributed by atoms with Crippen molar-refractivity contribution in [2.45, 2.75) is 19.8 Å². The van der Waals surface area contributed by atoms with Crippen molar-refractivity contribution in [1.29, 1.82) is 0 Å². The van der Waals surface area contributed by atoms with Gasteiger partial charge in [0.25, 0.3) is 0 Å². The molecular weight excluding hydrogens is 346 g/mol. The summed E-state index contributed by atoms with van der Waals surface area (Å²) in [5, 5.41) is 21.9. The predicted octanol–water partition coefficient (Wildman–Crippen LogP) is 4.43. The highest BCUT2D eigenvalue weighted by Gasteiger charge is 2.24. The molecule has 1 aliphatic heterocycles. The molecule has 27 heavy (non-hydrogen) atoms.